The van der Waals surface area contributed by atoms with Crippen molar-refractivity contribution in [2.75, 3.05) is 23.7 Å². The Morgan fingerprint density at radius 1 is 1.26 bits per heavy atom. The lowest BCUT2D eigenvalue weighted by Crippen LogP contribution is -2.28. The number of hydrogen-bond donors (Lipinski definition) is 1. The molecule has 1 fully saturated rings. The van der Waals surface area contributed by atoms with E-state index in [1.54, 1.807) is 0 Å². The van der Waals surface area contributed by atoms with Gasteiger partial charge in [0.1, 0.15) is 0 Å². The van der Waals surface area contributed by atoms with Gasteiger partial charge in [-0.25, -0.2) is 4.68 Å². The summed E-state index contributed by atoms with van der Waals surface area (Å²) in [6.45, 7) is 12.1. The second-order valence-electron chi connectivity index (χ2n) is 6.55. The van der Waals surface area contributed by atoms with Crippen molar-refractivity contribution in [2.24, 2.45) is 5.41 Å². The second-order valence-corrected chi connectivity index (χ2v) is 6.55. The molecule has 1 saturated heterocycles. The van der Waals surface area contributed by atoms with Crippen LogP contribution in [0.3, 0.4) is 0 Å². The van der Waals surface area contributed by atoms with Gasteiger partial charge in [-0.05, 0) is 38.0 Å². The fraction of sp³-hybridized carbons (Fsp3) is 0.800. The van der Waals surface area contributed by atoms with Crippen LogP contribution >= 0.6 is 0 Å². The molecule has 1 aliphatic heterocycles. The number of nitrogens with two attached hydrogens (primary N) is 1. The van der Waals surface area contributed by atoms with Crippen molar-refractivity contribution in [2.45, 2.75) is 59.9 Å². The molecular formula is C15H28N4. The monoisotopic (exact) mass is 264 g/mol. The number of nitrogen functional groups attached to an aromatic ring is 1. The van der Waals surface area contributed by atoms with Crippen LogP contribution in [0.5, 0.6) is 0 Å². The first-order chi connectivity index (χ1) is 8.94. The van der Waals surface area contributed by atoms with Gasteiger partial charge in [0.2, 0.25) is 0 Å². The van der Waals surface area contributed by atoms with Crippen LogP contribution in [0.15, 0.2) is 0 Å². The number of anilines is 2. The highest BCUT2D eigenvalue weighted by molar-refractivity contribution is 5.66. The van der Waals surface area contributed by atoms with Crippen molar-refractivity contribution in [3.63, 3.8) is 0 Å². The summed E-state index contributed by atoms with van der Waals surface area (Å²) in [5.74, 6) is 1.15. The number of aromatic nitrogens is 2. The summed E-state index contributed by atoms with van der Waals surface area (Å²) >= 11 is 0. The molecule has 0 atom stereocenters. The van der Waals surface area contributed by atoms with E-state index in [4.69, 9.17) is 5.73 Å². The van der Waals surface area contributed by atoms with Crippen molar-refractivity contribution in [3.05, 3.63) is 5.69 Å². The standard InChI is InChI=1S/C15H28N4/c1-5-9-19-14(13(16)12(2)17-19)18-10-6-7-15(3,4)8-11-18/h5-11,16H2,1-4H3. The van der Waals surface area contributed by atoms with Gasteiger partial charge < -0.3 is 10.6 Å². The Kier molecular flexibility index (Phi) is 4.07. The highest BCUT2D eigenvalue weighted by Gasteiger charge is 2.26. The first-order valence-corrected chi connectivity index (χ1v) is 7.52. The zero-order valence-corrected chi connectivity index (χ0v) is 12.9. The van der Waals surface area contributed by atoms with Crippen molar-refractivity contribution in [3.8, 4) is 0 Å². The molecule has 0 amide bonds. The van der Waals surface area contributed by atoms with Gasteiger partial charge in [0.05, 0.1) is 11.4 Å². The van der Waals surface area contributed by atoms with E-state index in [0.29, 0.717) is 5.41 Å². The van der Waals surface area contributed by atoms with Gasteiger partial charge in [-0.3, -0.25) is 0 Å². The fourth-order valence-corrected chi connectivity index (χ4v) is 2.92. The molecule has 0 saturated carbocycles. The van der Waals surface area contributed by atoms with Gasteiger partial charge in [0, 0.05) is 19.6 Å². The average Bonchev–Trinajstić information content (AvgIpc) is 2.50. The largest absolute Gasteiger partial charge is 0.394 e. The Morgan fingerprint density at radius 3 is 2.68 bits per heavy atom. The molecule has 4 nitrogen and oxygen atoms in total. The molecular weight excluding hydrogens is 236 g/mol. The lowest BCUT2D eigenvalue weighted by atomic mass is 9.85. The van der Waals surface area contributed by atoms with E-state index in [9.17, 15) is 0 Å². The summed E-state index contributed by atoms with van der Waals surface area (Å²) in [5.41, 5.74) is 8.54. The quantitative estimate of drug-likeness (QED) is 0.912. The molecule has 108 valence electrons. The molecule has 0 aliphatic carbocycles. The number of aryl methyl sites for hydroxylation is 2. The Balaban J connectivity index is 2.25. The molecule has 2 N–H and O–H groups in total. The molecule has 2 rings (SSSR count). The zero-order chi connectivity index (χ0) is 14.0. The molecule has 4 heteroatoms. The molecule has 19 heavy (non-hydrogen) atoms. The number of rotatable bonds is 3. The predicted octanol–water partition coefficient (Wildman–Crippen LogP) is 3.20. The van der Waals surface area contributed by atoms with Crippen LogP contribution in [0.25, 0.3) is 0 Å². The van der Waals surface area contributed by atoms with Crippen LogP contribution in [0.4, 0.5) is 11.5 Å². The normalized spacial score (nSPS) is 19.5. The van der Waals surface area contributed by atoms with E-state index in [1.165, 1.54) is 19.3 Å². The SMILES string of the molecule is CCCn1nc(C)c(N)c1N1CCCC(C)(C)CC1. The molecule has 0 radical (unpaired) electrons. The topological polar surface area (TPSA) is 47.1 Å². The Labute approximate surface area is 117 Å². The minimum absolute atomic E-state index is 0.453. The third-order valence-electron chi connectivity index (χ3n) is 4.22. The maximum absolute atomic E-state index is 6.26. The van der Waals surface area contributed by atoms with Crippen molar-refractivity contribution < 1.29 is 0 Å². The Morgan fingerprint density at radius 2 is 2.00 bits per heavy atom. The van der Waals surface area contributed by atoms with Gasteiger partial charge in [-0.15, -0.1) is 0 Å². The van der Waals surface area contributed by atoms with Crippen molar-refractivity contribution in [1.29, 1.82) is 0 Å². The molecule has 2 heterocycles. The number of nitrogens with zero attached hydrogens (tertiary/aromatic N) is 3. The van der Waals surface area contributed by atoms with Gasteiger partial charge in [-0.1, -0.05) is 20.8 Å². The Bertz CT molecular complexity index is 434. The van der Waals surface area contributed by atoms with Crippen LogP contribution in [0.1, 0.15) is 52.1 Å². The molecule has 0 aromatic carbocycles. The summed E-state index contributed by atoms with van der Waals surface area (Å²) < 4.78 is 2.10. The van der Waals surface area contributed by atoms with Gasteiger partial charge in [-0.2, -0.15) is 5.10 Å². The lowest BCUT2D eigenvalue weighted by Gasteiger charge is -2.25. The third kappa shape index (κ3) is 3.04. The zero-order valence-electron chi connectivity index (χ0n) is 12.9. The minimum Gasteiger partial charge on any atom is -0.394 e. The van der Waals surface area contributed by atoms with E-state index in [1.807, 2.05) is 6.92 Å². The summed E-state index contributed by atoms with van der Waals surface area (Å²) in [6, 6.07) is 0. The summed E-state index contributed by atoms with van der Waals surface area (Å²) in [5, 5.41) is 4.59. The smallest absolute Gasteiger partial charge is 0.150 e. The van der Waals surface area contributed by atoms with Gasteiger partial charge in [0.25, 0.3) is 0 Å². The molecule has 0 unspecified atom stereocenters. The van der Waals surface area contributed by atoms with E-state index < -0.39 is 0 Å². The number of hydrogen-bond acceptors (Lipinski definition) is 3. The van der Waals surface area contributed by atoms with Gasteiger partial charge >= 0.3 is 0 Å². The fourth-order valence-electron chi connectivity index (χ4n) is 2.92. The lowest BCUT2D eigenvalue weighted by molar-refractivity contribution is 0.325. The van der Waals surface area contributed by atoms with Crippen LogP contribution in [0, 0.1) is 12.3 Å². The van der Waals surface area contributed by atoms with E-state index in [-0.39, 0.29) is 0 Å². The highest BCUT2D eigenvalue weighted by atomic mass is 15.4. The van der Waals surface area contributed by atoms with E-state index >= 15 is 0 Å². The predicted molar refractivity (Wildman–Crippen MR) is 81.5 cm³/mol. The summed E-state index contributed by atoms with van der Waals surface area (Å²) in [4.78, 5) is 2.44. The maximum Gasteiger partial charge on any atom is 0.150 e. The average molecular weight is 264 g/mol. The summed E-state index contributed by atoms with van der Waals surface area (Å²) in [6.07, 6.45) is 4.85. The second kappa shape index (κ2) is 5.43. The maximum atomic E-state index is 6.26. The molecule has 0 spiro atoms. The minimum atomic E-state index is 0.453. The van der Waals surface area contributed by atoms with Crippen molar-refractivity contribution in [1.82, 2.24) is 9.78 Å². The highest BCUT2D eigenvalue weighted by Crippen LogP contribution is 2.34. The van der Waals surface area contributed by atoms with Crippen LogP contribution in [-0.2, 0) is 6.54 Å². The van der Waals surface area contributed by atoms with E-state index in [2.05, 4.69) is 35.5 Å². The molecule has 0 bridgehead atoms. The summed E-state index contributed by atoms with van der Waals surface area (Å²) in [7, 11) is 0. The van der Waals surface area contributed by atoms with Crippen LogP contribution < -0.4 is 10.6 Å². The Hall–Kier alpha value is -1.19. The van der Waals surface area contributed by atoms with Gasteiger partial charge in [0.15, 0.2) is 5.82 Å². The van der Waals surface area contributed by atoms with Crippen LogP contribution in [-0.4, -0.2) is 22.9 Å². The molecule has 1 aromatic rings. The molecule has 1 aromatic heterocycles. The van der Waals surface area contributed by atoms with E-state index in [0.717, 1.165) is 43.3 Å². The third-order valence-corrected chi connectivity index (χ3v) is 4.22. The molecule has 1 aliphatic rings. The van der Waals surface area contributed by atoms with Crippen LogP contribution in [0.2, 0.25) is 0 Å². The van der Waals surface area contributed by atoms with Crippen molar-refractivity contribution >= 4 is 11.5 Å². The first kappa shape index (κ1) is 14.2. The first-order valence-electron chi connectivity index (χ1n) is 7.52.